The van der Waals surface area contributed by atoms with Crippen molar-refractivity contribution in [3.63, 3.8) is 0 Å². The van der Waals surface area contributed by atoms with Gasteiger partial charge in [0.15, 0.2) is 0 Å². The van der Waals surface area contributed by atoms with Crippen molar-refractivity contribution in [1.82, 2.24) is 9.62 Å². The molecule has 196 valence electrons. The standard InChI is InChI=1S/C21H26N4O9S2/c1-35(29,30)24(17-3-2-4-18(15-17)25(27)28)16-21(26)22-9-12-34-19-5-7-20(8-6-19)36(31,32)23-10-13-33-14-11-23/h2-8,15H,9-14,16H2,1H3,(H,22,26). The Hall–Kier alpha value is -3.27. The maximum Gasteiger partial charge on any atom is 0.271 e. The largest absolute Gasteiger partial charge is 0.492 e. The van der Waals surface area contributed by atoms with E-state index in [-0.39, 0.29) is 42.5 Å². The van der Waals surface area contributed by atoms with Gasteiger partial charge in [-0.3, -0.25) is 19.2 Å². The molecule has 36 heavy (non-hydrogen) atoms. The summed E-state index contributed by atoms with van der Waals surface area (Å²) >= 11 is 0. The van der Waals surface area contributed by atoms with Crippen LogP contribution in [0.4, 0.5) is 11.4 Å². The monoisotopic (exact) mass is 542 g/mol. The number of hydrogen-bond acceptors (Lipinski definition) is 9. The number of nitrogens with zero attached hydrogens (tertiary/aromatic N) is 3. The zero-order valence-electron chi connectivity index (χ0n) is 19.4. The molecule has 0 aromatic heterocycles. The average Bonchev–Trinajstić information content (AvgIpc) is 2.85. The summed E-state index contributed by atoms with van der Waals surface area (Å²) in [6.45, 7) is 0.777. The third-order valence-corrected chi connectivity index (χ3v) is 8.19. The number of hydrogen-bond donors (Lipinski definition) is 1. The fraction of sp³-hybridized carbons (Fsp3) is 0.381. The lowest BCUT2D eigenvalue weighted by molar-refractivity contribution is -0.384. The Labute approximate surface area is 208 Å². The maximum atomic E-state index is 12.6. The molecule has 1 fully saturated rings. The van der Waals surface area contributed by atoms with Crippen molar-refractivity contribution in [2.75, 3.05) is 56.6 Å². The van der Waals surface area contributed by atoms with Crippen molar-refractivity contribution in [1.29, 1.82) is 0 Å². The van der Waals surface area contributed by atoms with Gasteiger partial charge in [-0.15, -0.1) is 0 Å². The molecular weight excluding hydrogens is 516 g/mol. The minimum atomic E-state index is -3.89. The molecule has 15 heteroatoms. The number of carbonyl (C=O) groups is 1. The summed E-state index contributed by atoms with van der Waals surface area (Å²) in [7, 11) is -7.51. The lowest BCUT2D eigenvalue weighted by Crippen LogP contribution is -2.41. The molecule has 0 aliphatic carbocycles. The molecule has 0 saturated carbocycles. The number of amides is 1. The number of nitro benzene ring substituents is 1. The van der Waals surface area contributed by atoms with E-state index in [1.807, 2.05) is 0 Å². The van der Waals surface area contributed by atoms with Crippen LogP contribution in [0, 0.1) is 10.1 Å². The zero-order chi connectivity index (χ0) is 26.3. The minimum Gasteiger partial charge on any atom is -0.492 e. The van der Waals surface area contributed by atoms with Gasteiger partial charge in [-0.25, -0.2) is 16.8 Å². The summed E-state index contributed by atoms with van der Waals surface area (Å²) in [5.74, 6) is -0.248. The Kier molecular flexibility index (Phi) is 8.84. The predicted octanol–water partition coefficient (Wildman–Crippen LogP) is 0.577. The number of nitro groups is 1. The van der Waals surface area contributed by atoms with Crippen LogP contribution in [-0.2, 0) is 29.6 Å². The first-order chi connectivity index (χ1) is 17.0. The van der Waals surface area contributed by atoms with E-state index < -0.39 is 37.4 Å². The van der Waals surface area contributed by atoms with Crippen LogP contribution in [0.5, 0.6) is 5.75 Å². The van der Waals surface area contributed by atoms with Crippen molar-refractivity contribution in [3.8, 4) is 5.75 Å². The fourth-order valence-corrected chi connectivity index (χ4v) is 5.61. The lowest BCUT2D eigenvalue weighted by atomic mass is 10.3. The van der Waals surface area contributed by atoms with E-state index in [0.29, 0.717) is 19.0 Å². The fourth-order valence-electron chi connectivity index (χ4n) is 3.35. The number of ether oxygens (including phenoxy) is 2. The topological polar surface area (TPSA) is 165 Å². The first kappa shape index (κ1) is 27.3. The van der Waals surface area contributed by atoms with Crippen LogP contribution in [0.2, 0.25) is 0 Å². The smallest absolute Gasteiger partial charge is 0.271 e. The quantitative estimate of drug-likeness (QED) is 0.243. The summed E-state index contributed by atoms with van der Waals surface area (Å²) in [6, 6.07) is 10.8. The molecule has 1 aliphatic heterocycles. The summed E-state index contributed by atoms with van der Waals surface area (Å²) in [5, 5.41) is 13.5. The summed E-state index contributed by atoms with van der Waals surface area (Å²) in [6.07, 6.45) is 0.894. The van der Waals surface area contributed by atoms with Gasteiger partial charge in [-0.1, -0.05) is 6.07 Å². The first-order valence-electron chi connectivity index (χ1n) is 10.8. The van der Waals surface area contributed by atoms with Gasteiger partial charge in [-0.2, -0.15) is 4.31 Å². The van der Waals surface area contributed by atoms with Gasteiger partial charge in [-0.05, 0) is 30.3 Å². The van der Waals surface area contributed by atoms with E-state index in [4.69, 9.17) is 9.47 Å². The van der Waals surface area contributed by atoms with Crippen LogP contribution in [0.15, 0.2) is 53.4 Å². The van der Waals surface area contributed by atoms with Gasteiger partial charge >= 0.3 is 0 Å². The number of benzene rings is 2. The number of carbonyl (C=O) groups excluding carboxylic acids is 1. The number of rotatable bonds is 11. The highest BCUT2D eigenvalue weighted by Gasteiger charge is 2.26. The Bertz CT molecular complexity index is 1290. The highest BCUT2D eigenvalue weighted by atomic mass is 32.2. The zero-order valence-corrected chi connectivity index (χ0v) is 21.0. The van der Waals surface area contributed by atoms with Crippen molar-refractivity contribution in [2.45, 2.75) is 4.90 Å². The maximum absolute atomic E-state index is 12.6. The molecule has 0 radical (unpaired) electrons. The number of sulfonamides is 2. The highest BCUT2D eigenvalue weighted by molar-refractivity contribution is 7.92. The van der Waals surface area contributed by atoms with E-state index in [0.717, 1.165) is 16.6 Å². The first-order valence-corrected chi connectivity index (χ1v) is 14.1. The third-order valence-electron chi connectivity index (χ3n) is 5.14. The Morgan fingerprint density at radius 3 is 2.42 bits per heavy atom. The molecule has 13 nitrogen and oxygen atoms in total. The molecule has 1 amide bonds. The van der Waals surface area contributed by atoms with E-state index in [1.165, 1.54) is 46.8 Å². The molecule has 0 unspecified atom stereocenters. The molecule has 0 atom stereocenters. The van der Waals surface area contributed by atoms with Crippen LogP contribution >= 0.6 is 0 Å². The molecule has 2 aromatic carbocycles. The van der Waals surface area contributed by atoms with Crippen molar-refractivity contribution >= 4 is 37.3 Å². The van der Waals surface area contributed by atoms with Gasteiger partial charge in [0.25, 0.3) is 5.69 Å². The van der Waals surface area contributed by atoms with Crippen LogP contribution in [0.1, 0.15) is 0 Å². The molecule has 1 N–H and O–H groups in total. The predicted molar refractivity (Wildman–Crippen MR) is 130 cm³/mol. The Morgan fingerprint density at radius 2 is 1.81 bits per heavy atom. The summed E-state index contributed by atoms with van der Waals surface area (Å²) in [4.78, 5) is 22.8. The molecule has 3 rings (SSSR count). The lowest BCUT2D eigenvalue weighted by Gasteiger charge is -2.26. The van der Waals surface area contributed by atoms with Crippen LogP contribution in [-0.4, -0.2) is 84.2 Å². The van der Waals surface area contributed by atoms with E-state index in [1.54, 1.807) is 0 Å². The number of non-ortho nitro benzene ring substituents is 1. The van der Waals surface area contributed by atoms with E-state index in [2.05, 4.69) is 5.32 Å². The molecule has 0 bridgehead atoms. The number of anilines is 1. The Balaban J connectivity index is 1.52. The molecule has 1 saturated heterocycles. The molecular formula is C21H26N4O9S2. The number of morpholine rings is 1. The second-order valence-corrected chi connectivity index (χ2v) is 11.6. The normalized spacial score (nSPS) is 14.7. The van der Waals surface area contributed by atoms with Crippen LogP contribution in [0.25, 0.3) is 0 Å². The van der Waals surface area contributed by atoms with Crippen LogP contribution < -0.4 is 14.4 Å². The van der Waals surface area contributed by atoms with Gasteiger partial charge in [0.05, 0.1) is 41.5 Å². The summed E-state index contributed by atoms with van der Waals surface area (Å²) < 4.78 is 62.4. The van der Waals surface area contributed by atoms with Crippen molar-refractivity contribution in [2.24, 2.45) is 0 Å². The summed E-state index contributed by atoms with van der Waals surface area (Å²) in [5.41, 5.74) is -0.316. The molecule has 0 spiro atoms. The van der Waals surface area contributed by atoms with Crippen molar-refractivity contribution in [3.05, 3.63) is 58.6 Å². The Morgan fingerprint density at radius 1 is 1.14 bits per heavy atom. The second-order valence-electron chi connectivity index (χ2n) is 7.73. The van der Waals surface area contributed by atoms with Gasteiger partial charge in [0, 0.05) is 25.2 Å². The van der Waals surface area contributed by atoms with Gasteiger partial charge in [0.2, 0.25) is 26.0 Å². The molecule has 2 aromatic rings. The van der Waals surface area contributed by atoms with Gasteiger partial charge < -0.3 is 14.8 Å². The SMILES string of the molecule is CS(=O)(=O)N(CC(=O)NCCOc1ccc(S(=O)(=O)N2CCOCC2)cc1)c1cccc([N+](=O)[O-])c1. The third kappa shape index (κ3) is 7.13. The number of nitrogens with one attached hydrogen (secondary N) is 1. The minimum absolute atomic E-state index is 0.00905. The highest BCUT2D eigenvalue weighted by Crippen LogP contribution is 2.23. The van der Waals surface area contributed by atoms with Crippen molar-refractivity contribution < 1.29 is 36.0 Å². The average molecular weight is 543 g/mol. The van der Waals surface area contributed by atoms with Gasteiger partial charge in [0.1, 0.15) is 18.9 Å². The van der Waals surface area contributed by atoms with Crippen LogP contribution in [0.3, 0.4) is 0 Å². The van der Waals surface area contributed by atoms with E-state index >= 15 is 0 Å². The van der Waals surface area contributed by atoms with E-state index in [9.17, 15) is 31.7 Å². The molecule has 1 heterocycles. The second kappa shape index (κ2) is 11.6. The molecule has 1 aliphatic rings.